The summed E-state index contributed by atoms with van der Waals surface area (Å²) in [7, 11) is 1.54. The van der Waals surface area contributed by atoms with Gasteiger partial charge in [-0.3, -0.25) is 14.7 Å². The minimum atomic E-state index is -1.16. The zero-order valence-electron chi connectivity index (χ0n) is 21.9. The fourth-order valence-electron chi connectivity index (χ4n) is 4.52. The molecule has 6 N–H and O–H groups in total. The fourth-order valence-corrected chi connectivity index (χ4v) is 4.74. The molecular weight excluding hydrogens is 536 g/mol. The Morgan fingerprint density at radius 2 is 1.88 bits per heavy atom. The van der Waals surface area contributed by atoms with Gasteiger partial charge in [0.25, 0.3) is 5.91 Å². The maximum absolute atomic E-state index is 11.9. The summed E-state index contributed by atoms with van der Waals surface area (Å²) in [5, 5.41) is 34.7. The Morgan fingerprint density at radius 1 is 1.12 bits per heavy atom. The molecule has 0 aliphatic carbocycles. The van der Waals surface area contributed by atoms with Gasteiger partial charge in [-0.25, -0.2) is 0 Å². The summed E-state index contributed by atoms with van der Waals surface area (Å²) in [5.41, 5.74) is 3.31. The van der Waals surface area contributed by atoms with Gasteiger partial charge in [-0.1, -0.05) is 18.2 Å². The molecule has 1 amide bonds. The molecule has 2 aliphatic heterocycles. The zero-order chi connectivity index (χ0) is 28.2. The van der Waals surface area contributed by atoms with Crippen LogP contribution in [0, 0.1) is 0 Å². The molecule has 1 aromatic heterocycles. The number of rotatable bonds is 9. The molecule has 0 spiro atoms. The highest BCUT2D eigenvalue weighted by atomic mass is 35.5. The number of ether oxygens (including phenoxy) is 2. The Hall–Kier alpha value is -3.87. The standard InChI is InChI=1S/C28H31ClN6O5/c1-16(27(38)35-9-11-39-12-10-35)25(36)20-13-17(3-5-21(20)29)32-28-33-22-6-4-18(14-23(22)34-28)40-19-7-8-31-24(15-19)26(37)30-2/h3-8,13-15,25,27-28,32-34,36,38H,1,9-12H2,2H3,(H,30,37). The van der Waals surface area contributed by atoms with E-state index in [2.05, 4.69) is 32.8 Å². The molecule has 0 radical (unpaired) electrons. The van der Waals surface area contributed by atoms with E-state index in [9.17, 15) is 15.0 Å². The molecule has 2 aromatic carbocycles. The van der Waals surface area contributed by atoms with Crippen LogP contribution < -0.4 is 26.0 Å². The Bertz CT molecular complexity index is 1400. The van der Waals surface area contributed by atoms with Crippen LogP contribution in [0.25, 0.3) is 0 Å². The molecule has 0 bridgehead atoms. The van der Waals surface area contributed by atoms with Crippen LogP contribution in [0.2, 0.25) is 5.02 Å². The molecule has 12 heteroatoms. The van der Waals surface area contributed by atoms with Crippen LogP contribution in [0.1, 0.15) is 22.2 Å². The van der Waals surface area contributed by atoms with Gasteiger partial charge in [0.05, 0.1) is 24.6 Å². The lowest BCUT2D eigenvalue weighted by molar-refractivity contribution is -0.0487. The van der Waals surface area contributed by atoms with Crippen molar-refractivity contribution in [2.45, 2.75) is 18.6 Å². The summed E-state index contributed by atoms with van der Waals surface area (Å²) in [4.78, 5) is 17.7. The number of amides is 1. The minimum absolute atomic E-state index is 0.245. The lowest BCUT2D eigenvalue weighted by Gasteiger charge is -2.33. The van der Waals surface area contributed by atoms with E-state index < -0.39 is 12.3 Å². The Labute approximate surface area is 236 Å². The predicted molar refractivity (Wildman–Crippen MR) is 153 cm³/mol. The van der Waals surface area contributed by atoms with E-state index in [1.807, 2.05) is 23.1 Å². The number of carbonyl (C=O) groups excluding carboxylic acids is 1. The number of hydrogen-bond donors (Lipinski definition) is 6. The molecule has 1 fully saturated rings. The topological polar surface area (TPSA) is 140 Å². The average molecular weight is 567 g/mol. The lowest BCUT2D eigenvalue weighted by Crippen LogP contribution is -2.45. The highest BCUT2D eigenvalue weighted by Gasteiger charge is 2.27. The molecule has 11 nitrogen and oxygen atoms in total. The van der Waals surface area contributed by atoms with Gasteiger partial charge in [-0.15, -0.1) is 0 Å². The number of morpholine rings is 1. The first-order valence-corrected chi connectivity index (χ1v) is 13.2. The second-order valence-electron chi connectivity index (χ2n) is 9.37. The van der Waals surface area contributed by atoms with Gasteiger partial charge in [0, 0.05) is 54.7 Å². The fraction of sp³-hybridized carbons (Fsp3) is 0.286. The van der Waals surface area contributed by atoms with E-state index in [0.717, 1.165) is 11.4 Å². The number of halogens is 1. The third-order valence-electron chi connectivity index (χ3n) is 6.69. The molecule has 3 heterocycles. The summed E-state index contributed by atoms with van der Waals surface area (Å²) >= 11 is 6.42. The largest absolute Gasteiger partial charge is 0.457 e. The van der Waals surface area contributed by atoms with Gasteiger partial charge < -0.3 is 41.0 Å². The molecule has 40 heavy (non-hydrogen) atoms. The number of carbonyl (C=O) groups is 1. The van der Waals surface area contributed by atoms with Crippen LogP contribution in [0.4, 0.5) is 17.1 Å². The average Bonchev–Trinajstić information content (AvgIpc) is 3.38. The number of pyridine rings is 1. The normalized spacial score (nSPS) is 18.1. The second-order valence-corrected chi connectivity index (χ2v) is 9.77. The number of nitrogens with zero attached hydrogens (tertiary/aromatic N) is 2. The molecule has 1 saturated heterocycles. The monoisotopic (exact) mass is 566 g/mol. The first-order chi connectivity index (χ1) is 19.3. The van der Waals surface area contributed by atoms with Crippen molar-refractivity contribution in [2.24, 2.45) is 0 Å². The predicted octanol–water partition coefficient (Wildman–Crippen LogP) is 3.36. The van der Waals surface area contributed by atoms with Crippen LogP contribution in [0.5, 0.6) is 11.5 Å². The van der Waals surface area contributed by atoms with Gasteiger partial charge in [-0.2, -0.15) is 0 Å². The van der Waals surface area contributed by atoms with E-state index in [-0.39, 0.29) is 23.5 Å². The molecule has 2 aliphatic rings. The summed E-state index contributed by atoms with van der Waals surface area (Å²) in [6.07, 6.45) is -1.02. The number of aromatic nitrogens is 1. The third-order valence-corrected chi connectivity index (χ3v) is 7.04. The maximum Gasteiger partial charge on any atom is 0.269 e. The molecular formula is C28H31ClN6O5. The number of benzene rings is 2. The number of fused-ring (bicyclic) bond motifs is 1. The number of aliphatic hydroxyl groups excluding tert-OH is 2. The minimum Gasteiger partial charge on any atom is -0.457 e. The molecule has 3 atom stereocenters. The van der Waals surface area contributed by atoms with Crippen LogP contribution >= 0.6 is 11.6 Å². The Morgan fingerprint density at radius 3 is 2.65 bits per heavy atom. The van der Waals surface area contributed by atoms with E-state index in [1.54, 1.807) is 37.4 Å². The molecule has 3 unspecified atom stereocenters. The molecule has 210 valence electrons. The van der Waals surface area contributed by atoms with Gasteiger partial charge in [-0.05, 0) is 42.0 Å². The first-order valence-electron chi connectivity index (χ1n) is 12.8. The zero-order valence-corrected chi connectivity index (χ0v) is 22.6. The van der Waals surface area contributed by atoms with Crippen molar-refractivity contribution >= 4 is 34.6 Å². The lowest BCUT2D eigenvalue weighted by atomic mass is 10.00. The highest BCUT2D eigenvalue weighted by Crippen LogP contribution is 2.36. The van der Waals surface area contributed by atoms with Crippen molar-refractivity contribution in [3.63, 3.8) is 0 Å². The van der Waals surface area contributed by atoms with Crippen molar-refractivity contribution in [3.8, 4) is 11.5 Å². The Balaban J connectivity index is 1.24. The van der Waals surface area contributed by atoms with Crippen LogP contribution in [0.3, 0.4) is 0 Å². The van der Waals surface area contributed by atoms with Crippen LogP contribution in [0.15, 0.2) is 66.9 Å². The third kappa shape index (κ3) is 6.14. The van der Waals surface area contributed by atoms with Gasteiger partial charge in [0.1, 0.15) is 29.5 Å². The summed E-state index contributed by atoms with van der Waals surface area (Å²) in [6.45, 7) is 6.07. The summed E-state index contributed by atoms with van der Waals surface area (Å²) in [5.74, 6) is 0.772. The number of hydrogen-bond acceptors (Lipinski definition) is 10. The smallest absolute Gasteiger partial charge is 0.269 e. The Kier molecular flexibility index (Phi) is 8.38. The molecule has 0 saturated carbocycles. The van der Waals surface area contributed by atoms with Gasteiger partial charge >= 0.3 is 0 Å². The van der Waals surface area contributed by atoms with E-state index in [4.69, 9.17) is 21.1 Å². The summed E-state index contributed by atoms with van der Waals surface area (Å²) in [6, 6.07) is 14.0. The van der Waals surface area contributed by atoms with Crippen molar-refractivity contribution in [2.75, 3.05) is 49.3 Å². The van der Waals surface area contributed by atoms with Crippen molar-refractivity contribution < 1.29 is 24.5 Å². The van der Waals surface area contributed by atoms with Crippen molar-refractivity contribution in [1.82, 2.24) is 15.2 Å². The number of nitrogens with one attached hydrogen (secondary N) is 4. The van der Waals surface area contributed by atoms with Crippen LogP contribution in [-0.2, 0) is 4.74 Å². The molecule has 5 rings (SSSR count). The number of anilines is 3. The maximum atomic E-state index is 11.9. The van der Waals surface area contributed by atoms with E-state index >= 15 is 0 Å². The van der Waals surface area contributed by atoms with E-state index in [0.29, 0.717) is 54.1 Å². The van der Waals surface area contributed by atoms with Crippen molar-refractivity contribution in [3.05, 3.63) is 83.2 Å². The highest BCUT2D eigenvalue weighted by molar-refractivity contribution is 6.31. The summed E-state index contributed by atoms with van der Waals surface area (Å²) < 4.78 is 11.3. The van der Waals surface area contributed by atoms with E-state index in [1.165, 1.54) is 6.20 Å². The van der Waals surface area contributed by atoms with Gasteiger partial charge in [0.15, 0.2) is 6.29 Å². The molecule has 3 aromatic rings. The van der Waals surface area contributed by atoms with Gasteiger partial charge in [0.2, 0.25) is 0 Å². The van der Waals surface area contributed by atoms with Crippen LogP contribution in [-0.4, -0.2) is 71.9 Å². The number of aliphatic hydroxyl groups is 2. The SMILES string of the molecule is C=C(C(O)c1cc(NC2Nc3ccc(Oc4ccnc(C(=O)NC)c4)cc3N2)ccc1Cl)C(O)N1CCOCC1. The second kappa shape index (κ2) is 12.1. The first kappa shape index (κ1) is 27.7. The quantitative estimate of drug-likeness (QED) is 0.214. The van der Waals surface area contributed by atoms with Crippen molar-refractivity contribution in [1.29, 1.82) is 0 Å².